The number of rotatable bonds is 4. The van der Waals surface area contributed by atoms with Crippen molar-refractivity contribution in [3.63, 3.8) is 0 Å². The molecule has 0 radical (unpaired) electrons. The van der Waals surface area contributed by atoms with Crippen LogP contribution >= 0.6 is 0 Å². The molecule has 0 atom stereocenters. The van der Waals surface area contributed by atoms with E-state index in [1.165, 1.54) is 0 Å². The summed E-state index contributed by atoms with van der Waals surface area (Å²) in [4.78, 5) is 37.7. The molecule has 3 aromatic heterocycles. The van der Waals surface area contributed by atoms with Gasteiger partial charge in [-0.15, -0.1) is 0 Å². The Balaban J connectivity index is 1.24. The van der Waals surface area contributed by atoms with Crippen LogP contribution in [0.2, 0.25) is 0 Å². The van der Waals surface area contributed by atoms with Crippen molar-refractivity contribution in [1.82, 2.24) is 39.9 Å². The predicted molar refractivity (Wildman–Crippen MR) is 245 cm³/mol. The summed E-state index contributed by atoms with van der Waals surface area (Å²) in [6.45, 7) is 0. The van der Waals surface area contributed by atoms with Crippen LogP contribution in [0.25, 0.3) is 115 Å². The van der Waals surface area contributed by atoms with E-state index in [0.717, 1.165) is 89.4 Å². The first-order chi connectivity index (χ1) is 29.7. The zero-order chi connectivity index (χ0) is 39.8. The Morgan fingerprint density at radius 1 is 0.233 bits per heavy atom. The van der Waals surface area contributed by atoms with E-state index in [4.69, 9.17) is 29.9 Å². The van der Waals surface area contributed by atoms with E-state index >= 15 is 0 Å². The third-order valence-electron chi connectivity index (χ3n) is 10.7. The number of fused-ring (bicyclic) bond motifs is 12. The Hall–Kier alpha value is -8.36. The van der Waals surface area contributed by atoms with Gasteiger partial charge in [0.05, 0.1) is 22.8 Å². The summed E-state index contributed by atoms with van der Waals surface area (Å²) < 4.78 is 0. The number of H-pyrrole nitrogens is 2. The molecular weight excluding hydrogens is 737 g/mol. The third kappa shape index (κ3) is 6.58. The van der Waals surface area contributed by atoms with Crippen LogP contribution in [-0.4, -0.2) is 39.9 Å². The molecule has 7 aromatic rings. The Morgan fingerprint density at radius 3 is 0.700 bits per heavy atom. The van der Waals surface area contributed by atoms with Crippen molar-refractivity contribution in [3.8, 4) is 44.5 Å². The number of aromatic nitrogens is 8. The van der Waals surface area contributed by atoms with E-state index in [1.54, 1.807) is 0 Å². The highest BCUT2D eigenvalue weighted by molar-refractivity contribution is 5.97. The van der Waals surface area contributed by atoms with Crippen molar-refractivity contribution in [1.29, 1.82) is 0 Å². The number of hydrogen-bond acceptors (Lipinski definition) is 6. The Morgan fingerprint density at radius 2 is 0.467 bits per heavy atom. The second-order valence-electron chi connectivity index (χ2n) is 14.5. The molecule has 0 aliphatic carbocycles. The molecular formula is C52H34N8. The molecule has 60 heavy (non-hydrogen) atoms. The highest BCUT2D eigenvalue weighted by atomic mass is 15.0. The van der Waals surface area contributed by atoms with Crippen molar-refractivity contribution < 1.29 is 0 Å². The van der Waals surface area contributed by atoms with E-state index in [1.807, 2.05) is 121 Å². The van der Waals surface area contributed by atoms with Crippen molar-refractivity contribution in [2.45, 2.75) is 0 Å². The van der Waals surface area contributed by atoms with Crippen LogP contribution in [0.5, 0.6) is 0 Å². The van der Waals surface area contributed by atoms with Gasteiger partial charge in [0.1, 0.15) is 0 Å². The molecule has 4 aliphatic heterocycles. The first-order valence-corrected chi connectivity index (χ1v) is 19.8. The van der Waals surface area contributed by atoms with Crippen LogP contribution in [-0.2, 0) is 0 Å². The smallest absolute Gasteiger partial charge is 0.155 e. The topological polar surface area (TPSA) is 109 Å². The first kappa shape index (κ1) is 34.9. The highest BCUT2D eigenvalue weighted by Crippen LogP contribution is 2.35. The molecule has 0 saturated heterocycles. The number of nitrogens with zero attached hydrogens (tertiary/aromatic N) is 6. The summed E-state index contributed by atoms with van der Waals surface area (Å²) in [6, 6.07) is 49.7. The Labute approximate surface area is 345 Å². The maximum Gasteiger partial charge on any atom is 0.155 e. The van der Waals surface area contributed by atoms with Crippen molar-refractivity contribution in [2.75, 3.05) is 0 Å². The lowest BCUT2D eigenvalue weighted by Gasteiger charge is -2.05. The molecule has 282 valence electrons. The summed E-state index contributed by atoms with van der Waals surface area (Å²) in [5, 5.41) is 0. The molecule has 0 saturated carbocycles. The van der Waals surface area contributed by atoms with Crippen LogP contribution in [0, 0.1) is 0 Å². The van der Waals surface area contributed by atoms with Gasteiger partial charge in [-0.05, 0) is 95.1 Å². The minimum absolute atomic E-state index is 0.574. The van der Waals surface area contributed by atoms with Gasteiger partial charge in [-0.3, -0.25) is 0 Å². The van der Waals surface area contributed by atoms with Crippen molar-refractivity contribution in [3.05, 3.63) is 192 Å². The second-order valence-corrected chi connectivity index (χ2v) is 14.5. The maximum absolute atomic E-state index is 5.07. The number of aromatic amines is 2. The predicted octanol–water partition coefficient (Wildman–Crippen LogP) is 12.1. The lowest BCUT2D eigenvalue weighted by molar-refractivity contribution is 1.11. The van der Waals surface area contributed by atoms with E-state index in [9.17, 15) is 0 Å². The molecule has 0 amide bonds. The lowest BCUT2D eigenvalue weighted by atomic mass is 10.0. The molecule has 0 fully saturated rings. The molecule has 11 rings (SSSR count). The SMILES string of the molecule is C1=Cc2nc1nc1nc(c(-c3ccccc3)c3ccc([nH]3)c(-c3ccccc3)c3nc(nc4nc(c(-c5ccccc5)c5ccc([nH]5)c2-c2ccccc2)C=C4)C=C3)C=C1. The van der Waals surface area contributed by atoms with E-state index in [-0.39, 0.29) is 0 Å². The molecule has 0 spiro atoms. The first-order valence-electron chi connectivity index (χ1n) is 19.8. The molecule has 12 bridgehead atoms. The standard InChI is InChI=1S/C52H34N8/c1-5-13-33(14-6-1)49-37-21-22-38(53-37)50(34-15-7-2-8-16-34)42-26-31-47(56-42)60-48-32-28-44(58-48)52(36-19-11-4-12-20-36)40-24-23-39(54-40)51(35-17-9-3-10-18-35)43-27-30-46(57-43)59-45-29-25-41(49)55-45/h1-32,53-54H. The van der Waals surface area contributed by atoms with Crippen molar-refractivity contribution >= 4 is 70.7 Å². The molecule has 2 N–H and O–H groups in total. The number of nitrogens with one attached hydrogen (secondary N) is 2. The minimum atomic E-state index is 0.574. The van der Waals surface area contributed by atoms with Gasteiger partial charge in [0.2, 0.25) is 0 Å². The Kier molecular flexibility index (Phi) is 8.63. The van der Waals surface area contributed by atoms with Gasteiger partial charge in [-0.1, -0.05) is 121 Å². The minimum Gasteiger partial charge on any atom is -0.354 e. The van der Waals surface area contributed by atoms with Crippen molar-refractivity contribution in [2.24, 2.45) is 0 Å². The average molecular weight is 771 g/mol. The van der Waals surface area contributed by atoms with Crippen LogP contribution in [0.4, 0.5) is 0 Å². The quantitative estimate of drug-likeness (QED) is 0.184. The van der Waals surface area contributed by atoms with Crippen LogP contribution in [0.1, 0.15) is 46.1 Å². The summed E-state index contributed by atoms with van der Waals surface area (Å²) in [5.74, 6) is 2.30. The van der Waals surface area contributed by atoms with Crippen LogP contribution < -0.4 is 0 Å². The number of benzene rings is 4. The van der Waals surface area contributed by atoms with Gasteiger partial charge in [-0.25, -0.2) is 29.9 Å². The second kappa shape index (κ2) is 14.9. The van der Waals surface area contributed by atoms with E-state index in [2.05, 4.69) is 82.8 Å². The summed E-state index contributed by atoms with van der Waals surface area (Å²) in [6.07, 6.45) is 15.9. The fourth-order valence-corrected chi connectivity index (χ4v) is 8.00. The molecule has 4 aromatic carbocycles. The molecule has 8 nitrogen and oxygen atoms in total. The van der Waals surface area contributed by atoms with Crippen LogP contribution in [0.15, 0.2) is 146 Å². The zero-order valence-electron chi connectivity index (χ0n) is 32.2. The molecule has 7 heterocycles. The number of hydrogen-bond donors (Lipinski definition) is 2. The van der Waals surface area contributed by atoms with Gasteiger partial charge < -0.3 is 9.97 Å². The summed E-state index contributed by atoms with van der Waals surface area (Å²) >= 11 is 0. The van der Waals surface area contributed by atoms with Crippen LogP contribution in [0.3, 0.4) is 0 Å². The fourth-order valence-electron chi connectivity index (χ4n) is 8.00. The van der Waals surface area contributed by atoms with E-state index < -0.39 is 0 Å². The average Bonchev–Trinajstić information content (AvgIpc) is 4.16. The zero-order valence-corrected chi connectivity index (χ0v) is 32.2. The molecule has 0 unspecified atom stereocenters. The van der Waals surface area contributed by atoms with Gasteiger partial charge in [0, 0.05) is 44.3 Å². The Bertz CT molecular complexity index is 2850. The lowest BCUT2D eigenvalue weighted by Crippen LogP contribution is -1.89. The van der Waals surface area contributed by atoms with Gasteiger partial charge in [-0.2, -0.15) is 0 Å². The molecule has 4 aliphatic rings. The highest BCUT2D eigenvalue weighted by Gasteiger charge is 2.17. The summed E-state index contributed by atoms with van der Waals surface area (Å²) in [5.41, 5.74) is 14.8. The van der Waals surface area contributed by atoms with Gasteiger partial charge in [0.25, 0.3) is 0 Å². The largest absolute Gasteiger partial charge is 0.354 e. The van der Waals surface area contributed by atoms with Gasteiger partial charge in [0.15, 0.2) is 23.3 Å². The normalized spacial score (nSPS) is 12.4. The van der Waals surface area contributed by atoms with E-state index in [0.29, 0.717) is 23.3 Å². The summed E-state index contributed by atoms with van der Waals surface area (Å²) in [7, 11) is 0. The maximum atomic E-state index is 5.07. The monoisotopic (exact) mass is 770 g/mol. The van der Waals surface area contributed by atoms with Gasteiger partial charge >= 0.3 is 0 Å². The third-order valence-corrected chi connectivity index (χ3v) is 10.7. The molecule has 8 heteroatoms. The fraction of sp³-hybridized carbons (Fsp3) is 0.